The zero-order valence-corrected chi connectivity index (χ0v) is 11.4. The number of benzene rings is 1. The van der Waals surface area contributed by atoms with E-state index < -0.39 is 0 Å². The van der Waals surface area contributed by atoms with Crippen molar-refractivity contribution in [1.29, 1.82) is 0 Å². The van der Waals surface area contributed by atoms with Gasteiger partial charge in [-0.15, -0.1) is 0 Å². The number of nitrogens with zero attached hydrogens (tertiary/aromatic N) is 2. The Morgan fingerprint density at radius 3 is 2.80 bits per heavy atom. The fourth-order valence-corrected chi connectivity index (χ4v) is 2.03. The van der Waals surface area contributed by atoms with Crippen molar-refractivity contribution in [3.8, 4) is 0 Å². The minimum absolute atomic E-state index is 0.187. The van der Waals surface area contributed by atoms with Crippen LogP contribution in [0.25, 0.3) is 0 Å². The number of rotatable bonds is 6. The minimum Gasteiger partial charge on any atom is -0.312 e. The van der Waals surface area contributed by atoms with E-state index in [9.17, 15) is 10.1 Å². The molecule has 0 aliphatic heterocycles. The molecule has 0 atom stereocenters. The summed E-state index contributed by atoms with van der Waals surface area (Å²) in [5.74, 6) is 0. The molecule has 0 bridgehead atoms. The Morgan fingerprint density at radius 2 is 2.05 bits per heavy atom. The first-order chi connectivity index (χ1) is 9.68. The molecule has 1 heterocycles. The van der Waals surface area contributed by atoms with Gasteiger partial charge in [-0.05, 0) is 37.1 Å². The van der Waals surface area contributed by atoms with Crippen LogP contribution in [0.3, 0.4) is 0 Å². The standard InChI is InChI=1S/C15H17N3O2/c1-12-6-8-16-10-14(12)11-17-9-7-13-4-2-3-5-15(13)18(19)20/h2-6,8,10,17H,7,9,11H2,1H3. The molecule has 0 fully saturated rings. The summed E-state index contributed by atoms with van der Waals surface area (Å²) in [7, 11) is 0. The third-order valence-electron chi connectivity index (χ3n) is 3.22. The number of nitrogens with one attached hydrogen (secondary N) is 1. The van der Waals surface area contributed by atoms with E-state index in [-0.39, 0.29) is 10.6 Å². The number of aromatic nitrogens is 1. The highest BCUT2D eigenvalue weighted by molar-refractivity contribution is 5.39. The molecule has 5 nitrogen and oxygen atoms in total. The Labute approximate surface area is 117 Å². The Balaban J connectivity index is 1.88. The molecule has 2 aromatic rings. The number of nitro groups is 1. The molecule has 0 saturated carbocycles. The Bertz CT molecular complexity index is 599. The molecule has 0 amide bonds. The van der Waals surface area contributed by atoms with E-state index in [0.717, 1.165) is 17.7 Å². The largest absolute Gasteiger partial charge is 0.312 e. The van der Waals surface area contributed by atoms with Crippen molar-refractivity contribution < 1.29 is 4.92 Å². The lowest BCUT2D eigenvalue weighted by Crippen LogP contribution is -2.17. The number of nitro benzene ring substituents is 1. The lowest BCUT2D eigenvalue weighted by atomic mass is 10.1. The van der Waals surface area contributed by atoms with Crippen LogP contribution in [0.1, 0.15) is 16.7 Å². The number of para-hydroxylation sites is 1. The average Bonchev–Trinajstić information content (AvgIpc) is 2.45. The van der Waals surface area contributed by atoms with Crippen LogP contribution in [-0.2, 0) is 13.0 Å². The summed E-state index contributed by atoms with van der Waals surface area (Å²) in [5.41, 5.74) is 3.29. The van der Waals surface area contributed by atoms with E-state index in [1.54, 1.807) is 24.4 Å². The molecule has 2 rings (SSSR count). The summed E-state index contributed by atoms with van der Waals surface area (Å²) < 4.78 is 0. The van der Waals surface area contributed by atoms with Gasteiger partial charge >= 0.3 is 0 Å². The second-order valence-corrected chi connectivity index (χ2v) is 4.61. The average molecular weight is 271 g/mol. The molecule has 20 heavy (non-hydrogen) atoms. The van der Waals surface area contributed by atoms with Gasteiger partial charge in [-0.3, -0.25) is 15.1 Å². The second-order valence-electron chi connectivity index (χ2n) is 4.61. The fourth-order valence-electron chi connectivity index (χ4n) is 2.03. The molecule has 1 aromatic carbocycles. The molecular weight excluding hydrogens is 254 g/mol. The highest BCUT2D eigenvalue weighted by atomic mass is 16.6. The lowest BCUT2D eigenvalue weighted by Gasteiger charge is -2.07. The first kappa shape index (κ1) is 14.1. The summed E-state index contributed by atoms with van der Waals surface area (Å²) in [6.45, 7) is 3.46. The van der Waals surface area contributed by atoms with Crippen molar-refractivity contribution in [2.75, 3.05) is 6.54 Å². The summed E-state index contributed by atoms with van der Waals surface area (Å²) in [6, 6.07) is 8.83. The predicted octanol–water partition coefficient (Wildman–Crippen LogP) is 2.63. The van der Waals surface area contributed by atoms with Crippen LogP contribution in [0, 0.1) is 17.0 Å². The topological polar surface area (TPSA) is 68.1 Å². The van der Waals surface area contributed by atoms with Crippen molar-refractivity contribution in [3.63, 3.8) is 0 Å². The van der Waals surface area contributed by atoms with Gasteiger partial charge in [0.05, 0.1) is 4.92 Å². The second kappa shape index (κ2) is 6.77. The molecule has 1 N–H and O–H groups in total. The number of hydrogen-bond acceptors (Lipinski definition) is 4. The zero-order chi connectivity index (χ0) is 14.4. The Hall–Kier alpha value is -2.27. The lowest BCUT2D eigenvalue weighted by molar-refractivity contribution is -0.385. The molecule has 0 saturated heterocycles. The maximum Gasteiger partial charge on any atom is 0.272 e. The number of aryl methyl sites for hydroxylation is 1. The zero-order valence-electron chi connectivity index (χ0n) is 11.4. The van der Waals surface area contributed by atoms with Gasteiger partial charge in [0, 0.05) is 30.6 Å². The van der Waals surface area contributed by atoms with Crippen LogP contribution in [0.5, 0.6) is 0 Å². The highest BCUT2D eigenvalue weighted by Gasteiger charge is 2.11. The van der Waals surface area contributed by atoms with Crippen LogP contribution < -0.4 is 5.32 Å². The summed E-state index contributed by atoms with van der Waals surface area (Å²) in [5, 5.41) is 14.2. The number of pyridine rings is 1. The normalized spacial score (nSPS) is 10.4. The van der Waals surface area contributed by atoms with Crippen LogP contribution in [0.2, 0.25) is 0 Å². The maximum atomic E-state index is 10.9. The smallest absolute Gasteiger partial charge is 0.272 e. The number of hydrogen-bond donors (Lipinski definition) is 1. The monoisotopic (exact) mass is 271 g/mol. The van der Waals surface area contributed by atoms with Crippen molar-refractivity contribution in [2.24, 2.45) is 0 Å². The van der Waals surface area contributed by atoms with Crippen LogP contribution in [0.15, 0.2) is 42.7 Å². The summed E-state index contributed by atoms with van der Waals surface area (Å²) in [6.07, 6.45) is 4.25. The van der Waals surface area contributed by atoms with Gasteiger partial charge < -0.3 is 5.32 Å². The van der Waals surface area contributed by atoms with E-state index in [1.807, 2.05) is 25.3 Å². The third-order valence-corrected chi connectivity index (χ3v) is 3.22. The van der Waals surface area contributed by atoms with Crippen molar-refractivity contribution in [2.45, 2.75) is 19.9 Å². The van der Waals surface area contributed by atoms with Gasteiger partial charge in [-0.25, -0.2) is 0 Å². The molecule has 104 valence electrons. The van der Waals surface area contributed by atoms with Crippen LogP contribution >= 0.6 is 0 Å². The summed E-state index contributed by atoms with van der Waals surface area (Å²) >= 11 is 0. The molecule has 0 aliphatic carbocycles. The maximum absolute atomic E-state index is 10.9. The van der Waals surface area contributed by atoms with E-state index >= 15 is 0 Å². The van der Waals surface area contributed by atoms with Crippen molar-refractivity contribution in [1.82, 2.24) is 10.3 Å². The quantitative estimate of drug-likeness (QED) is 0.498. The van der Waals surface area contributed by atoms with Gasteiger partial charge in [-0.1, -0.05) is 18.2 Å². The third kappa shape index (κ3) is 3.61. The van der Waals surface area contributed by atoms with Gasteiger partial charge in [0.25, 0.3) is 5.69 Å². The minimum atomic E-state index is -0.333. The van der Waals surface area contributed by atoms with Crippen molar-refractivity contribution in [3.05, 3.63) is 69.5 Å². The van der Waals surface area contributed by atoms with E-state index in [4.69, 9.17) is 0 Å². The predicted molar refractivity (Wildman–Crippen MR) is 77.5 cm³/mol. The van der Waals surface area contributed by atoms with Crippen LogP contribution in [0.4, 0.5) is 5.69 Å². The SMILES string of the molecule is Cc1ccncc1CNCCc1ccccc1[N+](=O)[O-]. The Kier molecular flexibility index (Phi) is 4.79. The molecule has 0 radical (unpaired) electrons. The molecule has 5 heteroatoms. The van der Waals surface area contributed by atoms with E-state index in [0.29, 0.717) is 13.0 Å². The first-order valence-corrected chi connectivity index (χ1v) is 6.51. The molecule has 0 aliphatic rings. The highest BCUT2D eigenvalue weighted by Crippen LogP contribution is 2.17. The van der Waals surface area contributed by atoms with E-state index in [2.05, 4.69) is 10.3 Å². The van der Waals surface area contributed by atoms with E-state index in [1.165, 1.54) is 5.56 Å². The van der Waals surface area contributed by atoms with Gasteiger partial charge in [0.2, 0.25) is 0 Å². The van der Waals surface area contributed by atoms with Gasteiger partial charge in [0.1, 0.15) is 0 Å². The van der Waals surface area contributed by atoms with Gasteiger partial charge in [0.15, 0.2) is 0 Å². The van der Waals surface area contributed by atoms with Crippen molar-refractivity contribution >= 4 is 5.69 Å². The fraction of sp³-hybridized carbons (Fsp3) is 0.267. The molecular formula is C15H17N3O2. The van der Waals surface area contributed by atoms with Crippen LogP contribution in [-0.4, -0.2) is 16.5 Å². The van der Waals surface area contributed by atoms with Gasteiger partial charge in [-0.2, -0.15) is 0 Å². The molecule has 0 unspecified atom stereocenters. The first-order valence-electron chi connectivity index (χ1n) is 6.51. The Morgan fingerprint density at radius 1 is 1.25 bits per heavy atom. The molecule has 0 spiro atoms. The summed E-state index contributed by atoms with van der Waals surface area (Å²) in [4.78, 5) is 14.7. The molecule has 1 aromatic heterocycles.